The summed E-state index contributed by atoms with van der Waals surface area (Å²) in [6.45, 7) is 7.51. The maximum absolute atomic E-state index is 11.6. The number of ether oxygens (including phenoxy) is 4. The van der Waals surface area contributed by atoms with Gasteiger partial charge in [-0.1, -0.05) is 13.8 Å². The fraction of sp³-hybridized carbons (Fsp3) is 0.875. The molecule has 0 aromatic heterocycles. The Morgan fingerprint density at radius 2 is 1.32 bits per heavy atom. The number of hydrogen-bond acceptors (Lipinski definition) is 6. The lowest BCUT2D eigenvalue weighted by molar-refractivity contribution is -0.0471. The third-order valence-electron chi connectivity index (χ3n) is 3.85. The van der Waals surface area contributed by atoms with Gasteiger partial charge in [0.15, 0.2) is 0 Å². The molecular formula is C16H28O6. The summed E-state index contributed by atoms with van der Waals surface area (Å²) in [6.07, 6.45) is 2.17. The highest BCUT2D eigenvalue weighted by Gasteiger charge is 2.29. The second-order valence-electron chi connectivity index (χ2n) is 5.82. The van der Waals surface area contributed by atoms with Gasteiger partial charge in [-0.2, -0.15) is 0 Å². The van der Waals surface area contributed by atoms with Crippen LogP contribution in [0.3, 0.4) is 0 Å². The molecule has 0 aromatic rings. The largest absolute Gasteiger partial charge is 0.508 e. The number of rotatable bonds is 6. The third kappa shape index (κ3) is 7.00. The molecule has 1 aliphatic rings. The molecule has 0 bridgehead atoms. The zero-order valence-electron chi connectivity index (χ0n) is 14.0. The van der Waals surface area contributed by atoms with E-state index in [1.165, 1.54) is 0 Å². The van der Waals surface area contributed by atoms with Crippen molar-refractivity contribution < 1.29 is 28.5 Å². The average molecular weight is 316 g/mol. The van der Waals surface area contributed by atoms with Gasteiger partial charge in [0.25, 0.3) is 0 Å². The van der Waals surface area contributed by atoms with Gasteiger partial charge in [0.1, 0.15) is 24.4 Å². The molecule has 0 radical (unpaired) electrons. The minimum Gasteiger partial charge on any atom is -0.431 e. The fourth-order valence-corrected chi connectivity index (χ4v) is 2.14. The Kier molecular flexibility index (Phi) is 8.06. The predicted molar refractivity (Wildman–Crippen MR) is 80.7 cm³/mol. The van der Waals surface area contributed by atoms with Crippen molar-refractivity contribution in [1.82, 2.24) is 0 Å². The smallest absolute Gasteiger partial charge is 0.431 e. The third-order valence-corrected chi connectivity index (χ3v) is 3.85. The van der Waals surface area contributed by atoms with Crippen LogP contribution in [0.15, 0.2) is 0 Å². The highest BCUT2D eigenvalue weighted by Crippen LogP contribution is 2.24. The Bertz CT molecular complexity index is 325. The summed E-state index contributed by atoms with van der Waals surface area (Å²) < 4.78 is 20.8. The highest BCUT2D eigenvalue weighted by molar-refractivity contribution is 5.61. The van der Waals surface area contributed by atoms with E-state index in [2.05, 4.69) is 0 Å². The Morgan fingerprint density at radius 1 is 0.909 bits per heavy atom. The fourth-order valence-electron chi connectivity index (χ4n) is 2.14. The summed E-state index contributed by atoms with van der Waals surface area (Å²) in [5, 5.41) is 0. The Labute approximate surface area is 132 Å². The van der Waals surface area contributed by atoms with Gasteiger partial charge in [0.05, 0.1) is 0 Å². The van der Waals surface area contributed by atoms with Crippen molar-refractivity contribution in [2.75, 3.05) is 0 Å². The van der Waals surface area contributed by atoms with Crippen molar-refractivity contribution in [3.8, 4) is 0 Å². The van der Waals surface area contributed by atoms with Crippen molar-refractivity contribution in [3.63, 3.8) is 0 Å². The number of hydrogen-bond donors (Lipinski definition) is 0. The van der Waals surface area contributed by atoms with Gasteiger partial charge in [-0.15, -0.1) is 0 Å². The normalized spacial score (nSPS) is 24.0. The molecular weight excluding hydrogens is 288 g/mol. The summed E-state index contributed by atoms with van der Waals surface area (Å²) in [6, 6.07) is 0. The molecule has 0 saturated heterocycles. The molecule has 0 spiro atoms. The topological polar surface area (TPSA) is 71.1 Å². The molecule has 1 rings (SSSR count). The standard InChI is InChI=1S/C16H28O6/c1-5-11(3)19-15(17)21-13-8-7-9-14(10-13)22-16(18)20-12(4)6-2/h11-14H,5-10H2,1-4H3. The lowest BCUT2D eigenvalue weighted by atomic mass is 9.95. The Balaban J connectivity index is 2.34. The summed E-state index contributed by atoms with van der Waals surface area (Å²) in [4.78, 5) is 23.2. The van der Waals surface area contributed by atoms with Crippen LogP contribution >= 0.6 is 0 Å². The lowest BCUT2D eigenvalue weighted by Crippen LogP contribution is -2.32. The van der Waals surface area contributed by atoms with Crippen molar-refractivity contribution >= 4 is 12.3 Å². The van der Waals surface area contributed by atoms with Crippen molar-refractivity contribution in [3.05, 3.63) is 0 Å². The Morgan fingerprint density at radius 3 is 1.68 bits per heavy atom. The molecule has 0 aliphatic heterocycles. The summed E-state index contributed by atoms with van der Waals surface area (Å²) in [5.41, 5.74) is 0. The van der Waals surface area contributed by atoms with Crippen LogP contribution < -0.4 is 0 Å². The van der Waals surface area contributed by atoms with E-state index in [-0.39, 0.29) is 24.4 Å². The SMILES string of the molecule is CCC(C)OC(=O)OC1CCCC(OC(=O)OC(C)CC)C1. The first-order valence-electron chi connectivity index (χ1n) is 8.19. The molecule has 0 aromatic carbocycles. The molecule has 0 heterocycles. The van der Waals surface area contributed by atoms with Crippen LogP contribution in [0.1, 0.15) is 66.2 Å². The van der Waals surface area contributed by atoms with Crippen LogP contribution in [0.25, 0.3) is 0 Å². The molecule has 22 heavy (non-hydrogen) atoms. The van der Waals surface area contributed by atoms with E-state index in [1.807, 2.05) is 27.7 Å². The quantitative estimate of drug-likeness (QED) is 0.684. The van der Waals surface area contributed by atoms with Crippen molar-refractivity contribution in [1.29, 1.82) is 0 Å². The first-order valence-corrected chi connectivity index (χ1v) is 8.19. The summed E-state index contributed by atoms with van der Waals surface area (Å²) in [7, 11) is 0. The molecule has 6 nitrogen and oxygen atoms in total. The van der Waals surface area contributed by atoms with Gasteiger partial charge < -0.3 is 18.9 Å². The molecule has 0 N–H and O–H groups in total. The molecule has 1 aliphatic carbocycles. The van der Waals surface area contributed by atoms with Gasteiger partial charge in [0.2, 0.25) is 0 Å². The zero-order valence-corrected chi connectivity index (χ0v) is 14.0. The van der Waals surface area contributed by atoms with E-state index in [0.29, 0.717) is 6.42 Å². The molecule has 128 valence electrons. The van der Waals surface area contributed by atoms with Crippen LogP contribution in [0.5, 0.6) is 0 Å². The van der Waals surface area contributed by atoms with Crippen LogP contribution in [-0.2, 0) is 18.9 Å². The first kappa shape index (κ1) is 18.6. The van der Waals surface area contributed by atoms with Crippen molar-refractivity contribution in [2.45, 2.75) is 90.6 Å². The maximum atomic E-state index is 11.6. The summed E-state index contributed by atoms with van der Waals surface area (Å²) in [5.74, 6) is 0. The minimum absolute atomic E-state index is 0.159. The van der Waals surface area contributed by atoms with E-state index < -0.39 is 12.3 Å². The van der Waals surface area contributed by atoms with Gasteiger partial charge >= 0.3 is 12.3 Å². The zero-order chi connectivity index (χ0) is 16.5. The first-order chi connectivity index (χ1) is 10.4. The van der Waals surface area contributed by atoms with E-state index in [0.717, 1.165) is 32.1 Å². The number of carbonyl (C=O) groups excluding carboxylic acids is 2. The van der Waals surface area contributed by atoms with E-state index >= 15 is 0 Å². The predicted octanol–water partition coefficient (Wildman–Crippen LogP) is 4.20. The van der Waals surface area contributed by atoms with Gasteiger partial charge in [-0.05, 0) is 46.0 Å². The van der Waals surface area contributed by atoms with Crippen LogP contribution in [0, 0.1) is 0 Å². The van der Waals surface area contributed by atoms with Gasteiger partial charge in [0, 0.05) is 6.42 Å². The maximum Gasteiger partial charge on any atom is 0.508 e. The molecule has 4 atom stereocenters. The Hall–Kier alpha value is -1.46. The minimum atomic E-state index is -0.651. The molecule has 1 fully saturated rings. The van der Waals surface area contributed by atoms with E-state index in [9.17, 15) is 9.59 Å². The number of carbonyl (C=O) groups is 2. The van der Waals surface area contributed by atoms with Crippen LogP contribution in [0.2, 0.25) is 0 Å². The van der Waals surface area contributed by atoms with Crippen LogP contribution in [0.4, 0.5) is 9.59 Å². The molecule has 4 unspecified atom stereocenters. The van der Waals surface area contributed by atoms with Crippen LogP contribution in [-0.4, -0.2) is 36.7 Å². The van der Waals surface area contributed by atoms with E-state index in [1.54, 1.807) is 0 Å². The van der Waals surface area contributed by atoms with Gasteiger partial charge in [-0.25, -0.2) is 9.59 Å². The van der Waals surface area contributed by atoms with Gasteiger partial charge in [-0.3, -0.25) is 0 Å². The van der Waals surface area contributed by atoms with Crippen molar-refractivity contribution in [2.24, 2.45) is 0 Å². The highest BCUT2D eigenvalue weighted by atomic mass is 16.7. The second kappa shape index (κ2) is 9.54. The van der Waals surface area contributed by atoms with E-state index in [4.69, 9.17) is 18.9 Å². The molecule has 0 amide bonds. The monoisotopic (exact) mass is 316 g/mol. The molecule has 1 saturated carbocycles. The lowest BCUT2D eigenvalue weighted by Gasteiger charge is -2.28. The second-order valence-corrected chi connectivity index (χ2v) is 5.82. The summed E-state index contributed by atoms with van der Waals surface area (Å²) >= 11 is 0. The molecule has 6 heteroatoms. The average Bonchev–Trinajstić information content (AvgIpc) is 2.46.